The molecule has 20 heavy (non-hydrogen) atoms. The van der Waals surface area contributed by atoms with Crippen LogP contribution in [0, 0.1) is 0 Å². The van der Waals surface area contributed by atoms with Crippen molar-refractivity contribution >= 4 is 40.1 Å². The van der Waals surface area contributed by atoms with Crippen LogP contribution in [0.3, 0.4) is 0 Å². The summed E-state index contributed by atoms with van der Waals surface area (Å²) in [6, 6.07) is 7.40. The highest BCUT2D eigenvalue weighted by Crippen LogP contribution is 2.24. The van der Waals surface area contributed by atoms with E-state index >= 15 is 0 Å². The summed E-state index contributed by atoms with van der Waals surface area (Å²) in [4.78, 5) is 17.1. The van der Waals surface area contributed by atoms with E-state index in [-0.39, 0.29) is 5.24 Å². The van der Waals surface area contributed by atoms with Gasteiger partial charge in [-0.05, 0) is 17.7 Å². The minimum absolute atomic E-state index is 0.121. The Morgan fingerprint density at radius 3 is 3.00 bits per heavy atom. The lowest BCUT2D eigenvalue weighted by Gasteiger charge is -2.06. The molecule has 0 atom stereocenters. The number of thioether (sulfide) groups is 1. The van der Waals surface area contributed by atoms with Crippen LogP contribution >= 0.6 is 34.9 Å². The van der Waals surface area contributed by atoms with E-state index in [9.17, 15) is 4.79 Å². The lowest BCUT2D eigenvalue weighted by molar-refractivity contribution is 0.241. The lowest BCUT2D eigenvalue weighted by atomic mass is 10.2. The highest BCUT2D eigenvalue weighted by Gasteiger charge is 2.12. The Labute approximate surface area is 130 Å². The molecule has 0 spiro atoms. The smallest absolute Gasteiger partial charge is 0.294 e. The zero-order chi connectivity index (χ0) is 14.5. The highest BCUT2D eigenvalue weighted by atomic mass is 35.5. The molecule has 0 unspecified atom stereocenters. The van der Waals surface area contributed by atoms with Crippen molar-refractivity contribution in [2.45, 2.75) is 11.8 Å². The number of hydrogen-bond acceptors (Lipinski definition) is 6. The largest absolute Gasteiger partial charge is 0.464 e. The van der Waals surface area contributed by atoms with E-state index in [1.165, 1.54) is 4.90 Å². The highest BCUT2D eigenvalue weighted by molar-refractivity contribution is 8.13. The molecule has 106 valence electrons. The summed E-state index contributed by atoms with van der Waals surface area (Å²) in [5.41, 5.74) is 0.950. The average Bonchev–Trinajstić information content (AvgIpc) is 2.84. The normalized spacial score (nSPS) is 10.3. The van der Waals surface area contributed by atoms with Crippen molar-refractivity contribution < 1.29 is 9.53 Å². The molecule has 0 aliphatic carbocycles. The molecule has 5 nitrogen and oxygen atoms in total. The standard InChI is InChI=1S/C12H12ClN3O2S2/c1-16(2)12(17)19-10-14-11(20-15-10)18-7-8-4-3-5-9(13)6-8/h3-6H,7H2,1-2H3. The Kier molecular flexibility index (Phi) is 5.22. The summed E-state index contributed by atoms with van der Waals surface area (Å²) < 4.78 is 9.58. The molecule has 0 aliphatic rings. The number of amides is 1. The molecule has 0 radical (unpaired) electrons. The molecule has 2 aromatic rings. The first-order valence-corrected chi connectivity index (χ1v) is 7.61. The van der Waals surface area contributed by atoms with Crippen LogP contribution in [0.2, 0.25) is 5.02 Å². The summed E-state index contributed by atoms with van der Waals surface area (Å²) >= 11 is 7.98. The number of halogens is 1. The molecule has 1 amide bonds. The van der Waals surface area contributed by atoms with Crippen LogP contribution < -0.4 is 4.74 Å². The van der Waals surface area contributed by atoms with Gasteiger partial charge in [0.25, 0.3) is 10.4 Å². The Bertz CT molecular complexity index is 604. The van der Waals surface area contributed by atoms with Crippen molar-refractivity contribution in [3.05, 3.63) is 34.9 Å². The topological polar surface area (TPSA) is 55.3 Å². The van der Waals surface area contributed by atoms with Crippen molar-refractivity contribution in [3.8, 4) is 5.19 Å². The van der Waals surface area contributed by atoms with Crippen molar-refractivity contribution in [2.24, 2.45) is 0 Å². The van der Waals surface area contributed by atoms with Gasteiger partial charge in [0.05, 0.1) is 0 Å². The van der Waals surface area contributed by atoms with Crippen LogP contribution in [0.15, 0.2) is 29.4 Å². The summed E-state index contributed by atoms with van der Waals surface area (Å²) in [6.07, 6.45) is 0. The van der Waals surface area contributed by atoms with Crippen molar-refractivity contribution in [3.63, 3.8) is 0 Å². The van der Waals surface area contributed by atoms with E-state index in [1.54, 1.807) is 20.2 Å². The average molecular weight is 330 g/mol. The number of carbonyl (C=O) groups is 1. The molecular weight excluding hydrogens is 318 g/mol. The second-order valence-corrected chi connectivity index (χ2v) is 6.09. The summed E-state index contributed by atoms with van der Waals surface area (Å²) in [7, 11) is 3.36. The molecule has 2 rings (SSSR count). The van der Waals surface area contributed by atoms with Gasteiger partial charge in [-0.15, -0.1) is 0 Å². The molecule has 1 aromatic carbocycles. The number of aromatic nitrogens is 2. The van der Waals surface area contributed by atoms with Crippen molar-refractivity contribution in [1.29, 1.82) is 0 Å². The van der Waals surface area contributed by atoms with E-state index in [0.29, 0.717) is 22.0 Å². The second kappa shape index (κ2) is 6.92. The van der Waals surface area contributed by atoms with E-state index in [0.717, 1.165) is 28.9 Å². The van der Waals surface area contributed by atoms with Gasteiger partial charge in [0, 0.05) is 42.4 Å². The first-order chi connectivity index (χ1) is 9.54. The van der Waals surface area contributed by atoms with Crippen LogP contribution in [-0.4, -0.2) is 33.6 Å². The van der Waals surface area contributed by atoms with Gasteiger partial charge in [-0.25, -0.2) is 0 Å². The second-order valence-electron chi connectivity index (χ2n) is 4.02. The first-order valence-electron chi connectivity index (χ1n) is 5.64. The monoisotopic (exact) mass is 329 g/mol. The van der Waals surface area contributed by atoms with Gasteiger partial charge in [0.15, 0.2) is 0 Å². The van der Waals surface area contributed by atoms with E-state index < -0.39 is 0 Å². The lowest BCUT2D eigenvalue weighted by Crippen LogP contribution is -2.16. The predicted molar refractivity (Wildman–Crippen MR) is 80.6 cm³/mol. The first kappa shape index (κ1) is 15.1. The van der Waals surface area contributed by atoms with Gasteiger partial charge >= 0.3 is 0 Å². The van der Waals surface area contributed by atoms with Crippen LogP contribution in [0.25, 0.3) is 0 Å². The summed E-state index contributed by atoms with van der Waals surface area (Å²) in [6.45, 7) is 0.363. The molecule has 1 aromatic heterocycles. The molecule has 0 N–H and O–H groups in total. The van der Waals surface area contributed by atoms with Crippen LogP contribution in [-0.2, 0) is 6.61 Å². The Balaban J connectivity index is 1.91. The van der Waals surface area contributed by atoms with Gasteiger partial charge in [-0.3, -0.25) is 4.79 Å². The SMILES string of the molecule is CN(C)C(=O)Sc1nsc(OCc2cccc(Cl)c2)n1. The number of ether oxygens (including phenoxy) is 1. The Morgan fingerprint density at radius 2 is 2.30 bits per heavy atom. The van der Waals surface area contributed by atoms with Crippen LogP contribution in [0.4, 0.5) is 4.79 Å². The van der Waals surface area contributed by atoms with Gasteiger partial charge < -0.3 is 9.64 Å². The number of benzene rings is 1. The maximum absolute atomic E-state index is 11.5. The van der Waals surface area contributed by atoms with Gasteiger partial charge in [0.2, 0.25) is 5.16 Å². The molecule has 8 heteroatoms. The predicted octanol–water partition coefficient (Wildman–Crippen LogP) is 3.54. The Hall–Kier alpha value is -1.31. The minimum Gasteiger partial charge on any atom is -0.464 e. The maximum atomic E-state index is 11.5. The fourth-order valence-electron chi connectivity index (χ4n) is 1.24. The molecule has 0 bridgehead atoms. The molecule has 0 saturated heterocycles. The molecule has 1 heterocycles. The number of nitrogens with zero attached hydrogens (tertiary/aromatic N) is 3. The maximum Gasteiger partial charge on any atom is 0.294 e. The fourth-order valence-corrected chi connectivity index (χ4v) is 2.67. The van der Waals surface area contributed by atoms with E-state index in [1.807, 2.05) is 18.2 Å². The third-order valence-corrected chi connectivity index (χ3v) is 4.07. The van der Waals surface area contributed by atoms with E-state index in [4.69, 9.17) is 16.3 Å². The number of carbonyl (C=O) groups excluding carboxylic acids is 1. The zero-order valence-corrected chi connectivity index (χ0v) is 13.3. The molecule has 0 fully saturated rings. The zero-order valence-electron chi connectivity index (χ0n) is 10.9. The number of hydrogen-bond donors (Lipinski definition) is 0. The summed E-state index contributed by atoms with van der Waals surface area (Å²) in [5, 5.41) is 1.37. The third kappa shape index (κ3) is 4.36. The molecule has 0 saturated carbocycles. The fraction of sp³-hybridized carbons (Fsp3) is 0.250. The van der Waals surface area contributed by atoms with Gasteiger partial charge in [-0.2, -0.15) is 9.36 Å². The number of rotatable bonds is 4. The molecule has 0 aliphatic heterocycles. The van der Waals surface area contributed by atoms with Crippen molar-refractivity contribution in [2.75, 3.05) is 14.1 Å². The van der Waals surface area contributed by atoms with E-state index in [2.05, 4.69) is 9.36 Å². The van der Waals surface area contributed by atoms with Crippen LogP contribution in [0.5, 0.6) is 5.19 Å². The Morgan fingerprint density at radius 1 is 1.50 bits per heavy atom. The van der Waals surface area contributed by atoms with Gasteiger partial charge in [-0.1, -0.05) is 23.7 Å². The van der Waals surface area contributed by atoms with Gasteiger partial charge in [0.1, 0.15) is 6.61 Å². The minimum atomic E-state index is -0.121. The van der Waals surface area contributed by atoms with Crippen molar-refractivity contribution in [1.82, 2.24) is 14.3 Å². The third-order valence-electron chi connectivity index (χ3n) is 2.18. The molecular formula is C12H12ClN3O2S2. The summed E-state index contributed by atoms with van der Waals surface area (Å²) in [5.74, 6) is 0. The van der Waals surface area contributed by atoms with Crippen LogP contribution in [0.1, 0.15) is 5.56 Å². The quantitative estimate of drug-likeness (QED) is 0.803.